The second-order valence-corrected chi connectivity index (χ2v) is 4.36. The predicted octanol–water partition coefficient (Wildman–Crippen LogP) is 2.06. The van der Waals surface area contributed by atoms with E-state index in [0.29, 0.717) is 15.6 Å². The summed E-state index contributed by atoms with van der Waals surface area (Å²) in [6.07, 6.45) is 1.39. The lowest BCUT2D eigenvalue weighted by atomic mass is 10.2. The van der Waals surface area contributed by atoms with E-state index in [-0.39, 0.29) is 5.63 Å². The maximum Gasteiger partial charge on any atom is 0.350 e. The van der Waals surface area contributed by atoms with Gasteiger partial charge in [0.25, 0.3) is 0 Å². The first-order chi connectivity index (χ1) is 8.33. The molecular formula is C11H7N3O2S. The van der Waals surface area contributed by atoms with Crippen LogP contribution in [0.15, 0.2) is 55.9 Å². The average Bonchev–Trinajstić information content (AvgIpc) is 2.83. The Morgan fingerprint density at radius 3 is 3.00 bits per heavy atom. The smallest absolute Gasteiger partial charge is 0.350 e. The number of nitrogens with zero attached hydrogens (tertiary/aromatic N) is 2. The maximum atomic E-state index is 11.7. The van der Waals surface area contributed by atoms with Crippen molar-refractivity contribution in [3.8, 4) is 0 Å². The van der Waals surface area contributed by atoms with Crippen LogP contribution in [-0.2, 0) is 0 Å². The van der Waals surface area contributed by atoms with Gasteiger partial charge in [-0.05, 0) is 23.9 Å². The number of nitrogens with one attached hydrogen (secondary N) is 1. The van der Waals surface area contributed by atoms with E-state index in [0.717, 1.165) is 5.39 Å². The van der Waals surface area contributed by atoms with Gasteiger partial charge >= 0.3 is 5.63 Å². The molecule has 0 aliphatic rings. The van der Waals surface area contributed by atoms with Gasteiger partial charge in [-0.25, -0.2) is 9.78 Å². The van der Waals surface area contributed by atoms with Crippen molar-refractivity contribution < 1.29 is 4.42 Å². The minimum atomic E-state index is -0.370. The minimum Gasteiger partial charge on any atom is -0.422 e. The van der Waals surface area contributed by atoms with Gasteiger partial charge in [0.1, 0.15) is 16.8 Å². The summed E-state index contributed by atoms with van der Waals surface area (Å²) in [6, 6.07) is 9.16. The summed E-state index contributed by atoms with van der Waals surface area (Å²) in [6.45, 7) is 0. The van der Waals surface area contributed by atoms with Gasteiger partial charge in [0, 0.05) is 5.39 Å². The topological polar surface area (TPSA) is 71.8 Å². The van der Waals surface area contributed by atoms with Crippen molar-refractivity contribution in [3.63, 3.8) is 0 Å². The molecule has 0 atom stereocenters. The van der Waals surface area contributed by atoms with Crippen LogP contribution in [0.5, 0.6) is 0 Å². The van der Waals surface area contributed by atoms with Gasteiger partial charge in [0.05, 0.1) is 0 Å². The third-order valence-electron chi connectivity index (χ3n) is 2.21. The van der Waals surface area contributed by atoms with E-state index in [9.17, 15) is 4.79 Å². The SMILES string of the molecule is O=c1oc2ccccc2cc1Sc1ncn[nH]1. The van der Waals surface area contributed by atoms with Crippen molar-refractivity contribution in [2.75, 3.05) is 0 Å². The molecule has 0 aliphatic carbocycles. The number of para-hydroxylation sites is 1. The molecule has 0 saturated heterocycles. The van der Waals surface area contributed by atoms with Crippen LogP contribution in [0.1, 0.15) is 0 Å². The van der Waals surface area contributed by atoms with E-state index in [1.807, 2.05) is 18.2 Å². The molecule has 0 radical (unpaired) electrons. The summed E-state index contributed by atoms with van der Waals surface area (Å²) in [7, 11) is 0. The minimum absolute atomic E-state index is 0.370. The molecule has 0 spiro atoms. The summed E-state index contributed by atoms with van der Waals surface area (Å²) < 4.78 is 5.20. The number of hydrogen-bond donors (Lipinski definition) is 1. The fourth-order valence-electron chi connectivity index (χ4n) is 1.46. The fourth-order valence-corrected chi connectivity index (χ4v) is 2.18. The number of aromatic amines is 1. The zero-order valence-electron chi connectivity index (χ0n) is 8.58. The number of rotatable bonds is 2. The van der Waals surface area contributed by atoms with E-state index < -0.39 is 0 Å². The number of hydrogen-bond acceptors (Lipinski definition) is 5. The average molecular weight is 245 g/mol. The molecule has 17 heavy (non-hydrogen) atoms. The van der Waals surface area contributed by atoms with Crippen molar-refractivity contribution in [2.24, 2.45) is 0 Å². The van der Waals surface area contributed by atoms with Gasteiger partial charge in [0.2, 0.25) is 0 Å². The second kappa shape index (κ2) is 4.06. The van der Waals surface area contributed by atoms with E-state index in [1.165, 1.54) is 18.1 Å². The van der Waals surface area contributed by atoms with Crippen molar-refractivity contribution in [1.82, 2.24) is 15.2 Å². The molecule has 0 unspecified atom stereocenters. The summed E-state index contributed by atoms with van der Waals surface area (Å²) >= 11 is 1.20. The summed E-state index contributed by atoms with van der Waals surface area (Å²) in [5.74, 6) is 0. The van der Waals surface area contributed by atoms with Crippen LogP contribution in [0.3, 0.4) is 0 Å². The quantitative estimate of drug-likeness (QED) is 0.700. The highest BCUT2D eigenvalue weighted by Gasteiger charge is 2.08. The Hall–Kier alpha value is -2.08. The lowest BCUT2D eigenvalue weighted by molar-refractivity contribution is 0.543. The third-order valence-corrected chi connectivity index (χ3v) is 3.10. The van der Waals surface area contributed by atoms with Crippen molar-refractivity contribution in [3.05, 3.63) is 47.1 Å². The molecule has 84 valence electrons. The molecule has 6 heteroatoms. The zero-order valence-corrected chi connectivity index (χ0v) is 9.40. The zero-order chi connectivity index (χ0) is 11.7. The Bertz CT molecular complexity index is 706. The molecule has 0 aliphatic heterocycles. The Morgan fingerprint density at radius 1 is 1.29 bits per heavy atom. The Kier molecular flexibility index (Phi) is 2.41. The van der Waals surface area contributed by atoms with Crippen molar-refractivity contribution in [1.29, 1.82) is 0 Å². The van der Waals surface area contributed by atoms with Gasteiger partial charge in [0.15, 0.2) is 5.16 Å². The predicted molar refractivity (Wildman–Crippen MR) is 63.0 cm³/mol. The van der Waals surface area contributed by atoms with Crippen molar-refractivity contribution in [2.45, 2.75) is 10.1 Å². The van der Waals surface area contributed by atoms with Gasteiger partial charge in [-0.1, -0.05) is 18.2 Å². The second-order valence-electron chi connectivity index (χ2n) is 3.33. The monoisotopic (exact) mass is 245 g/mol. The standard InChI is InChI=1S/C11H7N3O2S/c15-10-9(17-11-12-6-13-14-11)5-7-3-1-2-4-8(7)16-10/h1-6H,(H,12,13,14). The van der Waals surface area contributed by atoms with Crippen LogP contribution in [0.2, 0.25) is 0 Å². The van der Waals surface area contributed by atoms with Crippen LogP contribution in [0.4, 0.5) is 0 Å². The Morgan fingerprint density at radius 2 is 2.18 bits per heavy atom. The molecule has 0 saturated carbocycles. The fraction of sp³-hybridized carbons (Fsp3) is 0. The summed E-state index contributed by atoms with van der Waals surface area (Å²) in [5, 5.41) is 7.85. The Balaban J connectivity index is 2.10. The number of aromatic nitrogens is 3. The molecule has 1 N–H and O–H groups in total. The van der Waals surface area contributed by atoms with E-state index in [4.69, 9.17) is 4.42 Å². The highest BCUT2D eigenvalue weighted by atomic mass is 32.2. The molecule has 2 aromatic heterocycles. The molecule has 1 aromatic carbocycles. The van der Waals surface area contributed by atoms with Crippen LogP contribution < -0.4 is 5.63 Å². The van der Waals surface area contributed by atoms with Gasteiger partial charge in [-0.3, -0.25) is 5.10 Å². The molecule has 2 heterocycles. The molecule has 0 amide bonds. The lowest BCUT2D eigenvalue weighted by Gasteiger charge is -1.99. The van der Waals surface area contributed by atoms with E-state index >= 15 is 0 Å². The van der Waals surface area contributed by atoms with Crippen molar-refractivity contribution >= 4 is 22.7 Å². The molecule has 5 nitrogen and oxygen atoms in total. The van der Waals surface area contributed by atoms with Crippen LogP contribution in [0, 0.1) is 0 Å². The largest absolute Gasteiger partial charge is 0.422 e. The summed E-state index contributed by atoms with van der Waals surface area (Å²) in [4.78, 5) is 16.1. The number of fused-ring (bicyclic) bond motifs is 1. The molecule has 3 rings (SSSR count). The molecule has 0 bridgehead atoms. The summed E-state index contributed by atoms with van der Waals surface area (Å²) in [5.41, 5.74) is 0.213. The van der Waals surface area contributed by atoms with E-state index in [2.05, 4.69) is 15.2 Å². The van der Waals surface area contributed by atoms with Crippen LogP contribution in [0.25, 0.3) is 11.0 Å². The Labute approximate surface area is 99.9 Å². The van der Waals surface area contributed by atoms with Gasteiger partial charge in [-0.15, -0.1) is 0 Å². The highest BCUT2D eigenvalue weighted by Crippen LogP contribution is 2.23. The number of benzene rings is 1. The van der Waals surface area contributed by atoms with E-state index in [1.54, 1.807) is 12.1 Å². The lowest BCUT2D eigenvalue weighted by Crippen LogP contribution is -2.01. The molecule has 0 fully saturated rings. The van der Waals surface area contributed by atoms with Gasteiger partial charge in [-0.2, -0.15) is 5.10 Å². The normalized spacial score (nSPS) is 10.8. The van der Waals surface area contributed by atoms with Crippen LogP contribution >= 0.6 is 11.8 Å². The molecule has 3 aromatic rings. The first kappa shape index (κ1) is 10.1. The van der Waals surface area contributed by atoms with Crippen LogP contribution in [-0.4, -0.2) is 15.2 Å². The number of H-pyrrole nitrogens is 1. The maximum absolute atomic E-state index is 11.7. The highest BCUT2D eigenvalue weighted by molar-refractivity contribution is 7.99. The first-order valence-corrected chi connectivity index (χ1v) is 5.71. The third kappa shape index (κ3) is 1.94. The molecular weight excluding hydrogens is 238 g/mol. The first-order valence-electron chi connectivity index (χ1n) is 4.89. The van der Waals surface area contributed by atoms with Gasteiger partial charge < -0.3 is 4.42 Å².